The zero-order valence-electron chi connectivity index (χ0n) is 12.0. The summed E-state index contributed by atoms with van der Waals surface area (Å²) in [5.41, 5.74) is 7.18. The molecular weight excluding hydrogens is 310 g/mol. The van der Waals surface area contributed by atoms with Gasteiger partial charge in [0.1, 0.15) is 4.90 Å². The quantitative estimate of drug-likeness (QED) is 0.912. The fourth-order valence-electron chi connectivity index (χ4n) is 2.08. The number of nitrogens with zero attached hydrogens (tertiary/aromatic N) is 2. The first-order valence-corrected chi connectivity index (χ1v) is 8.22. The van der Waals surface area contributed by atoms with Gasteiger partial charge in [-0.2, -0.15) is 4.31 Å². The van der Waals surface area contributed by atoms with Crippen LogP contribution in [0.2, 0.25) is 5.02 Å². The molecule has 0 amide bonds. The van der Waals surface area contributed by atoms with Gasteiger partial charge in [-0.1, -0.05) is 23.7 Å². The van der Waals surface area contributed by atoms with Crippen LogP contribution < -0.4 is 5.73 Å². The molecule has 0 aliphatic rings. The van der Waals surface area contributed by atoms with Crippen LogP contribution in [0.25, 0.3) is 0 Å². The van der Waals surface area contributed by atoms with Gasteiger partial charge in [-0.3, -0.25) is 0 Å². The fourth-order valence-corrected chi connectivity index (χ4v) is 3.55. The number of nitrogens with two attached hydrogens (primary N) is 1. The van der Waals surface area contributed by atoms with Gasteiger partial charge in [0.25, 0.3) is 0 Å². The minimum Gasteiger partial charge on any atom is -0.352 e. The molecule has 7 heteroatoms. The van der Waals surface area contributed by atoms with Crippen LogP contribution in [0.3, 0.4) is 0 Å². The lowest BCUT2D eigenvalue weighted by atomic mass is 10.2. The normalized spacial score (nSPS) is 12.0. The Balaban J connectivity index is 2.26. The Kier molecular flexibility index (Phi) is 4.73. The standard InChI is InChI=1S/C14H18ClN3O2S/c1-17-10-14(7-13(17)8-16)21(19,20)18(2)9-11-4-3-5-12(15)6-11/h3-7,10H,8-9,16H2,1-2H3. The van der Waals surface area contributed by atoms with E-state index in [-0.39, 0.29) is 11.4 Å². The summed E-state index contributed by atoms with van der Waals surface area (Å²) in [7, 11) is -0.225. The van der Waals surface area contributed by atoms with E-state index in [1.54, 1.807) is 49.1 Å². The van der Waals surface area contributed by atoms with Gasteiger partial charge in [-0.05, 0) is 23.8 Å². The van der Waals surface area contributed by atoms with E-state index in [1.165, 1.54) is 4.31 Å². The molecule has 0 saturated heterocycles. The summed E-state index contributed by atoms with van der Waals surface area (Å²) in [5, 5.41) is 0.587. The van der Waals surface area contributed by atoms with E-state index >= 15 is 0 Å². The van der Waals surface area contributed by atoms with Gasteiger partial charge in [0.2, 0.25) is 10.0 Å². The maximum absolute atomic E-state index is 12.5. The Hall–Kier alpha value is -1.34. The first-order chi connectivity index (χ1) is 9.84. The van der Waals surface area contributed by atoms with Crippen molar-refractivity contribution >= 4 is 21.6 Å². The average Bonchev–Trinajstić information content (AvgIpc) is 2.80. The van der Waals surface area contributed by atoms with Crippen molar-refractivity contribution in [2.24, 2.45) is 12.8 Å². The Labute approximate surface area is 130 Å². The molecule has 5 nitrogen and oxygen atoms in total. The maximum atomic E-state index is 12.5. The highest BCUT2D eigenvalue weighted by molar-refractivity contribution is 7.89. The van der Waals surface area contributed by atoms with Crippen molar-refractivity contribution in [2.75, 3.05) is 7.05 Å². The van der Waals surface area contributed by atoms with Crippen molar-refractivity contribution in [3.8, 4) is 0 Å². The van der Waals surface area contributed by atoms with Gasteiger partial charge >= 0.3 is 0 Å². The summed E-state index contributed by atoms with van der Waals surface area (Å²) in [6, 6.07) is 8.75. The molecule has 0 aliphatic carbocycles. The first-order valence-electron chi connectivity index (χ1n) is 6.40. The monoisotopic (exact) mass is 327 g/mol. The summed E-state index contributed by atoms with van der Waals surface area (Å²) in [4.78, 5) is 0.245. The van der Waals surface area contributed by atoms with Crippen molar-refractivity contribution in [1.82, 2.24) is 8.87 Å². The average molecular weight is 328 g/mol. The fraction of sp³-hybridized carbons (Fsp3) is 0.286. The predicted octanol–water partition coefficient (Wildman–Crippen LogP) is 1.96. The van der Waals surface area contributed by atoms with E-state index in [4.69, 9.17) is 17.3 Å². The lowest BCUT2D eigenvalue weighted by Crippen LogP contribution is -2.26. The topological polar surface area (TPSA) is 68.3 Å². The van der Waals surface area contributed by atoms with Gasteiger partial charge in [-0.15, -0.1) is 0 Å². The number of halogens is 1. The van der Waals surface area contributed by atoms with E-state index in [0.717, 1.165) is 11.3 Å². The summed E-state index contributed by atoms with van der Waals surface area (Å²) in [6.07, 6.45) is 1.58. The Morgan fingerprint density at radius 2 is 2.05 bits per heavy atom. The Morgan fingerprint density at radius 3 is 2.62 bits per heavy atom. The third-order valence-electron chi connectivity index (χ3n) is 3.29. The third kappa shape index (κ3) is 3.47. The molecular formula is C14H18ClN3O2S. The van der Waals surface area contributed by atoms with Gasteiger partial charge in [0, 0.05) is 44.1 Å². The molecule has 2 rings (SSSR count). The van der Waals surface area contributed by atoms with Gasteiger partial charge in [0.05, 0.1) is 0 Å². The number of aryl methyl sites for hydroxylation is 1. The number of sulfonamides is 1. The van der Waals surface area contributed by atoms with E-state index in [0.29, 0.717) is 11.6 Å². The highest BCUT2D eigenvalue weighted by Crippen LogP contribution is 2.20. The van der Waals surface area contributed by atoms with Crippen LogP contribution in [-0.2, 0) is 30.2 Å². The first kappa shape index (κ1) is 16.0. The highest BCUT2D eigenvalue weighted by atomic mass is 35.5. The maximum Gasteiger partial charge on any atom is 0.244 e. The van der Waals surface area contributed by atoms with Crippen LogP contribution in [0.1, 0.15) is 11.3 Å². The lowest BCUT2D eigenvalue weighted by Gasteiger charge is -2.16. The summed E-state index contributed by atoms with van der Waals surface area (Å²) >= 11 is 5.92. The van der Waals surface area contributed by atoms with Gasteiger partial charge < -0.3 is 10.3 Å². The van der Waals surface area contributed by atoms with E-state index in [1.807, 2.05) is 6.07 Å². The van der Waals surface area contributed by atoms with Gasteiger partial charge in [-0.25, -0.2) is 8.42 Å². The van der Waals surface area contributed by atoms with E-state index < -0.39 is 10.0 Å². The highest BCUT2D eigenvalue weighted by Gasteiger charge is 2.23. The molecule has 21 heavy (non-hydrogen) atoms. The molecule has 0 aliphatic heterocycles. The number of hydrogen-bond donors (Lipinski definition) is 1. The van der Waals surface area contributed by atoms with Gasteiger partial charge in [0.15, 0.2) is 0 Å². The number of benzene rings is 1. The zero-order valence-corrected chi connectivity index (χ0v) is 13.5. The molecule has 1 aromatic carbocycles. The third-order valence-corrected chi connectivity index (χ3v) is 5.30. The van der Waals surface area contributed by atoms with Crippen LogP contribution >= 0.6 is 11.6 Å². The molecule has 0 atom stereocenters. The zero-order chi connectivity index (χ0) is 15.6. The van der Waals surface area contributed by atoms with Crippen molar-refractivity contribution in [1.29, 1.82) is 0 Å². The minimum atomic E-state index is -3.55. The largest absolute Gasteiger partial charge is 0.352 e. The molecule has 0 radical (unpaired) electrons. The molecule has 0 saturated carbocycles. The van der Waals surface area contributed by atoms with Crippen molar-refractivity contribution < 1.29 is 8.42 Å². The van der Waals surface area contributed by atoms with Crippen molar-refractivity contribution in [3.63, 3.8) is 0 Å². The SMILES string of the molecule is CN(Cc1cccc(Cl)c1)S(=O)(=O)c1cc(CN)n(C)c1. The summed E-state index contributed by atoms with van der Waals surface area (Å²) in [6.45, 7) is 0.555. The number of rotatable bonds is 5. The van der Waals surface area contributed by atoms with Crippen LogP contribution in [0.5, 0.6) is 0 Å². The van der Waals surface area contributed by atoms with Crippen molar-refractivity contribution in [2.45, 2.75) is 18.0 Å². The molecule has 114 valence electrons. The molecule has 1 heterocycles. The summed E-state index contributed by atoms with van der Waals surface area (Å²) < 4.78 is 28.1. The molecule has 2 N–H and O–H groups in total. The summed E-state index contributed by atoms with van der Waals surface area (Å²) in [5.74, 6) is 0. The number of hydrogen-bond acceptors (Lipinski definition) is 3. The van der Waals surface area contributed by atoms with E-state index in [2.05, 4.69) is 0 Å². The Bertz CT molecular complexity index is 740. The Morgan fingerprint density at radius 1 is 1.33 bits per heavy atom. The second-order valence-electron chi connectivity index (χ2n) is 4.87. The number of aromatic nitrogens is 1. The predicted molar refractivity (Wildman–Crippen MR) is 83.4 cm³/mol. The molecule has 0 spiro atoms. The van der Waals surface area contributed by atoms with Crippen LogP contribution in [0, 0.1) is 0 Å². The lowest BCUT2D eigenvalue weighted by molar-refractivity contribution is 0.466. The molecule has 0 bridgehead atoms. The smallest absolute Gasteiger partial charge is 0.244 e. The molecule has 0 unspecified atom stereocenters. The second-order valence-corrected chi connectivity index (χ2v) is 7.35. The van der Waals surface area contributed by atoms with Crippen LogP contribution in [-0.4, -0.2) is 24.3 Å². The molecule has 2 aromatic rings. The van der Waals surface area contributed by atoms with E-state index in [9.17, 15) is 8.42 Å². The molecule has 1 aromatic heterocycles. The minimum absolute atomic E-state index is 0.245. The van der Waals surface area contributed by atoms with Crippen LogP contribution in [0.15, 0.2) is 41.4 Å². The van der Waals surface area contributed by atoms with Crippen molar-refractivity contribution in [3.05, 3.63) is 52.8 Å². The second kappa shape index (κ2) is 6.19. The molecule has 0 fully saturated rings. The van der Waals surface area contributed by atoms with Crippen LogP contribution in [0.4, 0.5) is 0 Å².